The van der Waals surface area contributed by atoms with Gasteiger partial charge in [0.2, 0.25) is 5.91 Å². The number of amides is 1. The van der Waals surface area contributed by atoms with Gasteiger partial charge in [0.05, 0.1) is 21.2 Å². The number of alkyl halides is 3. The Balaban J connectivity index is 2.39. The minimum absolute atomic E-state index is 0.0111. The normalized spacial score (nSPS) is 12.5. The number of benzene rings is 2. The fourth-order valence-corrected chi connectivity index (χ4v) is 5.23. The maximum Gasteiger partial charge on any atom is 0.417 e. The van der Waals surface area contributed by atoms with Crippen LogP contribution in [0.15, 0.2) is 47.4 Å². The second kappa shape index (κ2) is 10.6. The molecule has 2 aromatic carbocycles. The number of anilines is 1. The summed E-state index contributed by atoms with van der Waals surface area (Å²) < 4.78 is 67.4. The van der Waals surface area contributed by atoms with E-state index in [1.54, 1.807) is 30.8 Å². The fourth-order valence-electron chi connectivity index (χ4n) is 2.77. The van der Waals surface area contributed by atoms with Crippen LogP contribution in [0.3, 0.4) is 0 Å². The molecular formula is C22H26ClF3N2O3S2. The number of halogens is 4. The summed E-state index contributed by atoms with van der Waals surface area (Å²) >= 11 is 7.31. The van der Waals surface area contributed by atoms with Crippen LogP contribution in [0.4, 0.5) is 18.9 Å². The smallest absolute Gasteiger partial charge is 0.354 e. The average molecular weight is 523 g/mol. The molecule has 0 saturated carbocycles. The maximum atomic E-state index is 13.4. The topological polar surface area (TPSA) is 66.5 Å². The highest BCUT2D eigenvalue weighted by molar-refractivity contribution is 8.00. The predicted molar refractivity (Wildman–Crippen MR) is 127 cm³/mol. The molecule has 0 saturated heterocycles. The van der Waals surface area contributed by atoms with E-state index < -0.39 is 39.2 Å². The van der Waals surface area contributed by atoms with Crippen molar-refractivity contribution < 1.29 is 26.4 Å². The van der Waals surface area contributed by atoms with Crippen LogP contribution in [0.2, 0.25) is 5.02 Å². The lowest BCUT2D eigenvalue weighted by molar-refractivity contribution is -0.137. The molecule has 0 aliphatic heterocycles. The van der Waals surface area contributed by atoms with E-state index in [2.05, 4.69) is 5.32 Å². The number of nitrogens with one attached hydrogen (secondary N) is 1. The molecule has 2 aromatic rings. The molecule has 11 heteroatoms. The highest BCUT2D eigenvalue weighted by Crippen LogP contribution is 2.38. The van der Waals surface area contributed by atoms with Gasteiger partial charge in [-0.1, -0.05) is 50.1 Å². The van der Waals surface area contributed by atoms with Crippen LogP contribution < -0.4 is 9.62 Å². The third-order valence-electron chi connectivity index (χ3n) is 4.40. The average Bonchev–Trinajstić information content (AvgIpc) is 2.68. The van der Waals surface area contributed by atoms with Crippen molar-refractivity contribution in [2.24, 2.45) is 0 Å². The van der Waals surface area contributed by atoms with E-state index in [-0.39, 0.29) is 21.9 Å². The largest absolute Gasteiger partial charge is 0.417 e. The van der Waals surface area contributed by atoms with Gasteiger partial charge in [0.15, 0.2) is 0 Å². The van der Waals surface area contributed by atoms with Crippen molar-refractivity contribution in [2.75, 3.05) is 23.1 Å². The molecular weight excluding hydrogens is 497 g/mol. The predicted octanol–water partition coefficient (Wildman–Crippen LogP) is 5.51. The minimum atomic E-state index is -4.79. The Hall–Kier alpha value is -1.91. The lowest BCUT2D eigenvalue weighted by Gasteiger charge is -2.25. The van der Waals surface area contributed by atoms with Gasteiger partial charge < -0.3 is 5.32 Å². The molecule has 0 heterocycles. The van der Waals surface area contributed by atoms with Crippen molar-refractivity contribution in [3.63, 3.8) is 0 Å². The molecule has 0 fully saturated rings. The number of hydrogen-bond donors (Lipinski definition) is 1. The van der Waals surface area contributed by atoms with E-state index >= 15 is 0 Å². The Labute approximate surface area is 201 Å². The summed E-state index contributed by atoms with van der Waals surface area (Å²) in [6, 6.07) is 8.57. The lowest BCUT2D eigenvalue weighted by Crippen LogP contribution is -2.41. The zero-order valence-corrected chi connectivity index (χ0v) is 21.1. The van der Waals surface area contributed by atoms with Crippen molar-refractivity contribution in [1.82, 2.24) is 5.32 Å². The number of carbonyl (C=O) groups excluding carboxylic acids is 1. The Morgan fingerprint density at radius 1 is 1.09 bits per heavy atom. The lowest BCUT2D eigenvalue weighted by atomic mass is 10.2. The first-order valence-electron chi connectivity index (χ1n) is 9.98. The second-order valence-corrected chi connectivity index (χ2v) is 12.5. The number of carbonyl (C=O) groups is 1. The third kappa shape index (κ3) is 7.82. The van der Waals surface area contributed by atoms with Gasteiger partial charge in [-0.3, -0.25) is 9.10 Å². The molecule has 0 aliphatic rings. The summed E-state index contributed by atoms with van der Waals surface area (Å²) in [4.78, 5) is 12.4. The Bertz CT molecular complexity index is 1080. The zero-order chi connectivity index (χ0) is 25.0. The van der Waals surface area contributed by atoms with Crippen LogP contribution in [-0.4, -0.2) is 37.9 Å². The van der Waals surface area contributed by atoms with Gasteiger partial charge in [0.25, 0.3) is 10.0 Å². The number of hydrogen-bond acceptors (Lipinski definition) is 4. The van der Waals surface area contributed by atoms with Crippen molar-refractivity contribution in [1.29, 1.82) is 0 Å². The fraction of sp³-hybridized carbons (Fsp3) is 0.409. The monoisotopic (exact) mass is 522 g/mol. The van der Waals surface area contributed by atoms with E-state index in [4.69, 9.17) is 11.6 Å². The number of rotatable bonds is 8. The first-order chi connectivity index (χ1) is 15.1. The standard InChI is InChI=1S/C22H26ClF3N2O3S2/c1-15-5-8-17(9-6-15)33(30,31)28(14-20(29)27-11-12-32-21(2,3)4)16-7-10-19(23)18(13-16)22(24,25)26/h5-10,13H,11-12,14H2,1-4H3,(H,27,29). The first kappa shape index (κ1) is 27.3. The van der Waals surface area contributed by atoms with E-state index in [0.717, 1.165) is 17.7 Å². The molecule has 1 N–H and O–H groups in total. The van der Waals surface area contributed by atoms with Gasteiger partial charge in [-0.2, -0.15) is 24.9 Å². The van der Waals surface area contributed by atoms with E-state index in [0.29, 0.717) is 16.1 Å². The molecule has 2 rings (SSSR count). The van der Waals surface area contributed by atoms with E-state index in [1.165, 1.54) is 12.1 Å². The van der Waals surface area contributed by atoms with Crippen molar-refractivity contribution in [2.45, 2.75) is 43.5 Å². The third-order valence-corrected chi connectivity index (χ3v) is 7.79. The summed E-state index contributed by atoms with van der Waals surface area (Å²) in [5, 5.41) is 2.06. The van der Waals surface area contributed by atoms with Crippen molar-refractivity contribution >= 4 is 45.0 Å². The SMILES string of the molecule is Cc1ccc(S(=O)(=O)N(CC(=O)NCCSC(C)(C)C)c2ccc(Cl)c(C(F)(F)F)c2)cc1. The summed E-state index contributed by atoms with van der Waals surface area (Å²) in [6.07, 6.45) is -4.79. The number of thioether (sulfide) groups is 1. The maximum absolute atomic E-state index is 13.4. The Morgan fingerprint density at radius 3 is 2.24 bits per heavy atom. The molecule has 0 unspecified atom stereocenters. The van der Waals surface area contributed by atoms with Gasteiger partial charge in [-0.25, -0.2) is 8.42 Å². The quantitative estimate of drug-likeness (QED) is 0.464. The molecule has 33 heavy (non-hydrogen) atoms. The first-order valence-corrected chi connectivity index (χ1v) is 12.8. The molecule has 0 aromatic heterocycles. The van der Waals surface area contributed by atoms with Crippen LogP contribution >= 0.6 is 23.4 Å². The molecule has 0 bridgehead atoms. The molecule has 0 aliphatic carbocycles. The Kier molecular flexibility index (Phi) is 8.75. The molecule has 0 spiro atoms. The summed E-state index contributed by atoms with van der Waals surface area (Å²) in [5.74, 6) is -0.0391. The van der Waals surface area contributed by atoms with Crippen LogP contribution in [0, 0.1) is 6.92 Å². The summed E-state index contributed by atoms with van der Waals surface area (Å²) in [7, 11) is -4.34. The second-order valence-electron chi connectivity index (χ2n) is 8.30. The molecule has 5 nitrogen and oxygen atoms in total. The number of nitrogens with zero attached hydrogens (tertiary/aromatic N) is 1. The van der Waals surface area contributed by atoms with Gasteiger partial charge >= 0.3 is 6.18 Å². The van der Waals surface area contributed by atoms with Gasteiger partial charge in [0.1, 0.15) is 6.54 Å². The van der Waals surface area contributed by atoms with Crippen molar-refractivity contribution in [3.8, 4) is 0 Å². The van der Waals surface area contributed by atoms with Crippen LogP contribution in [-0.2, 0) is 21.0 Å². The van der Waals surface area contributed by atoms with Gasteiger partial charge in [0, 0.05) is 17.0 Å². The van der Waals surface area contributed by atoms with Gasteiger partial charge in [-0.15, -0.1) is 0 Å². The highest BCUT2D eigenvalue weighted by atomic mass is 35.5. The number of sulfonamides is 1. The van der Waals surface area contributed by atoms with E-state index in [1.807, 2.05) is 20.8 Å². The van der Waals surface area contributed by atoms with E-state index in [9.17, 15) is 26.4 Å². The minimum Gasteiger partial charge on any atom is -0.354 e. The van der Waals surface area contributed by atoms with Crippen molar-refractivity contribution in [3.05, 3.63) is 58.6 Å². The summed E-state index contributed by atoms with van der Waals surface area (Å²) in [5.41, 5.74) is -0.695. The molecule has 182 valence electrons. The highest BCUT2D eigenvalue weighted by Gasteiger charge is 2.35. The van der Waals surface area contributed by atoms with Crippen LogP contribution in [0.5, 0.6) is 0 Å². The number of aryl methyl sites for hydroxylation is 1. The van der Waals surface area contributed by atoms with Gasteiger partial charge in [-0.05, 0) is 37.3 Å². The summed E-state index contributed by atoms with van der Waals surface area (Å²) in [6.45, 7) is 7.44. The zero-order valence-electron chi connectivity index (χ0n) is 18.7. The van der Waals surface area contributed by atoms with Crippen LogP contribution in [0.1, 0.15) is 31.9 Å². The molecule has 0 radical (unpaired) electrons. The Morgan fingerprint density at radius 2 is 1.70 bits per heavy atom. The molecule has 1 amide bonds. The molecule has 0 atom stereocenters. The van der Waals surface area contributed by atoms with Crippen LogP contribution in [0.25, 0.3) is 0 Å².